The summed E-state index contributed by atoms with van der Waals surface area (Å²) < 4.78 is 17.4. The average molecular weight is 432 g/mol. The van der Waals surface area contributed by atoms with Crippen LogP contribution >= 0.6 is 0 Å². The predicted octanol–water partition coefficient (Wildman–Crippen LogP) is 3.02. The van der Waals surface area contributed by atoms with Gasteiger partial charge in [0.1, 0.15) is 12.2 Å². The van der Waals surface area contributed by atoms with Crippen molar-refractivity contribution in [3.63, 3.8) is 0 Å². The van der Waals surface area contributed by atoms with E-state index in [1.807, 2.05) is 66.7 Å². The molecule has 0 spiro atoms. The van der Waals surface area contributed by atoms with Gasteiger partial charge in [-0.1, -0.05) is 60.7 Å². The fourth-order valence-corrected chi connectivity index (χ4v) is 4.00. The second-order valence-corrected chi connectivity index (χ2v) is 7.76. The Hall–Kier alpha value is -3.49. The van der Waals surface area contributed by atoms with Crippen LogP contribution in [0.3, 0.4) is 0 Å². The molecule has 8 nitrogen and oxygen atoms in total. The fraction of sp³-hybridized carbons (Fsp3) is 0.292. The van der Waals surface area contributed by atoms with E-state index in [9.17, 15) is 4.79 Å². The molecule has 1 amide bonds. The number of nitrogens with zero attached hydrogens (tertiary/aromatic N) is 2. The van der Waals surface area contributed by atoms with Gasteiger partial charge in [-0.05, 0) is 11.6 Å². The lowest BCUT2D eigenvalue weighted by Gasteiger charge is -2.18. The minimum atomic E-state index is -0.484. The molecular formula is C24H24N4O4. The van der Waals surface area contributed by atoms with E-state index < -0.39 is 12.2 Å². The molecule has 2 saturated heterocycles. The average Bonchev–Trinajstić information content (AvgIpc) is 3.42. The number of aromatic nitrogens is 2. The zero-order valence-corrected chi connectivity index (χ0v) is 17.4. The quantitative estimate of drug-likeness (QED) is 0.618. The maximum atomic E-state index is 12.2. The molecule has 164 valence electrons. The molecule has 8 heteroatoms. The van der Waals surface area contributed by atoms with Crippen LogP contribution in [-0.4, -0.2) is 53.6 Å². The molecule has 2 fully saturated rings. The van der Waals surface area contributed by atoms with Crippen LogP contribution in [0.5, 0.6) is 0 Å². The number of amides is 1. The van der Waals surface area contributed by atoms with Crippen molar-refractivity contribution in [2.45, 2.75) is 30.9 Å². The van der Waals surface area contributed by atoms with Gasteiger partial charge in [0.05, 0.1) is 24.9 Å². The minimum Gasteiger partial charge on any atom is -0.441 e. The van der Waals surface area contributed by atoms with E-state index in [1.165, 1.54) is 0 Å². The lowest BCUT2D eigenvalue weighted by atomic mass is 10.1. The Morgan fingerprint density at radius 3 is 2.53 bits per heavy atom. The molecule has 3 heterocycles. The first-order valence-electron chi connectivity index (χ1n) is 10.6. The Morgan fingerprint density at radius 2 is 1.72 bits per heavy atom. The van der Waals surface area contributed by atoms with E-state index in [1.54, 1.807) is 6.20 Å². The number of hydrogen-bond donors (Lipinski definition) is 2. The van der Waals surface area contributed by atoms with Gasteiger partial charge in [0.15, 0.2) is 6.10 Å². The van der Waals surface area contributed by atoms with Gasteiger partial charge in [-0.25, -0.2) is 14.8 Å². The number of fused-ring (bicyclic) bond motifs is 1. The Kier molecular flexibility index (Phi) is 5.96. The van der Waals surface area contributed by atoms with Crippen molar-refractivity contribution in [2.24, 2.45) is 0 Å². The van der Waals surface area contributed by atoms with Crippen LogP contribution in [0.15, 0.2) is 72.9 Å². The predicted molar refractivity (Wildman–Crippen MR) is 118 cm³/mol. The molecule has 4 atom stereocenters. The van der Waals surface area contributed by atoms with Crippen molar-refractivity contribution < 1.29 is 19.0 Å². The monoisotopic (exact) mass is 432 g/mol. The van der Waals surface area contributed by atoms with Crippen LogP contribution in [0.2, 0.25) is 0 Å². The van der Waals surface area contributed by atoms with Crippen LogP contribution in [0.1, 0.15) is 5.56 Å². The van der Waals surface area contributed by atoms with E-state index in [4.69, 9.17) is 14.2 Å². The minimum absolute atomic E-state index is 0.132. The Morgan fingerprint density at radius 1 is 0.969 bits per heavy atom. The van der Waals surface area contributed by atoms with E-state index in [2.05, 4.69) is 20.6 Å². The summed E-state index contributed by atoms with van der Waals surface area (Å²) in [4.78, 5) is 21.2. The van der Waals surface area contributed by atoms with Crippen molar-refractivity contribution >= 4 is 12.0 Å². The second kappa shape index (κ2) is 9.33. The van der Waals surface area contributed by atoms with Crippen molar-refractivity contribution in [2.75, 3.05) is 18.5 Å². The molecule has 0 aliphatic carbocycles. The molecule has 3 aromatic rings. The first-order valence-corrected chi connectivity index (χ1v) is 10.6. The zero-order valence-electron chi connectivity index (χ0n) is 17.4. The third-order valence-electron chi connectivity index (χ3n) is 5.59. The summed E-state index contributed by atoms with van der Waals surface area (Å²) in [5.74, 6) is 0.508. The van der Waals surface area contributed by atoms with Crippen LogP contribution in [0, 0.1) is 0 Å². The largest absolute Gasteiger partial charge is 0.441 e. The summed E-state index contributed by atoms with van der Waals surface area (Å²) in [5.41, 5.74) is 2.86. The summed E-state index contributed by atoms with van der Waals surface area (Å²) in [5, 5.41) is 6.09. The van der Waals surface area contributed by atoms with Crippen molar-refractivity contribution in [3.8, 4) is 11.3 Å². The standard InChI is InChI=1S/C24H24N4O4/c29-24(26-13-16-7-3-1-4-8-16)32-20-15-31-21-19(14-30-22(20)21)28-23-25-12-11-18(27-23)17-9-5-2-6-10-17/h1-12,19-22H,13-15H2,(H,26,29)(H,25,27,28). The number of alkyl carbamates (subject to hydrolysis) is 1. The molecule has 2 aliphatic rings. The van der Waals surface area contributed by atoms with Crippen LogP contribution < -0.4 is 10.6 Å². The maximum Gasteiger partial charge on any atom is 0.407 e. The van der Waals surface area contributed by atoms with Crippen LogP contribution in [0.25, 0.3) is 11.3 Å². The summed E-state index contributed by atoms with van der Waals surface area (Å²) in [6.07, 6.45) is 0.211. The SMILES string of the molecule is O=C(NCc1ccccc1)OC1COC2C(Nc3nccc(-c4ccccc4)n3)COC12. The molecule has 0 saturated carbocycles. The van der Waals surface area contributed by atoms with Gasteiger partial charge < -0.3 is 24.8 Å². The highest BCUT2D eigenvalue weighted by atomic mass is 16.6. The van der Waals surface area contributed by atoms with Gasteiger partial charge in [0.2, 0.25) is 5.95 Å². The highest BCUT2D eigenvalue weighted by Gasteiger charge is 2.49. The topological polar surface area (TPSA) is 94.6 Å². The van der Waals surface area contributed by atoms with Crippen molar-refractivity contribution in [3.05, 3.63) is 78.5 Å². The smallest absolute Gasteiger partial charge is 0.407 e. The molecule has 0 bridgehead atoms. The summed E-state index contributed by atoms with van der Waals surface area (Å²) in [6, 6.07) is 21.3. The zero-order chi connectivity index (χ0) is 21.8. The molecule has 1 aromatic heterocycles. The third-order valence-corrected chi connectivity index (χ3v) is 5.59. The molecular weight excluding hydrogens is 408 g/mol. The van der Waals surface area contributed by atoms with Gasteiger partial charge in [-0.15, -0.1) is 0 Å². The molecule has 0 radical (unpaired) electrons. The Bertz CT molecular complexity index is 1050. The summed E-state index contributed by atoms with van der Waals surface area (Å²) >= 11 is 0. The van der Waals surface area contributed by atoms with Gasteiger partial charge in [-0.3, -0.25) is 0 Å². The number of rotatable bonds is 6. The number of carbonyl (C=O) groups is 1. The van der Waals surface area contributed by atoms with E-state index in [-0.39, 0.29) is 24.9 Å². The number of carbonyl (C=O) groups excluding carboxylic acids is 1. The molecule has 2 aliphatic heterocycles. The van der Waals surface area contributed by atoms with E-state index >= 15 is 0 Å². The number of benzene rings is 2. The third kappa shape index (κ3) is 4.56. The fourth-order valence-electron chi connectivity index (χ4n) is 4.00. The summed E-state index contributed by atoms with van der Waals surface area (Å²) in [7, 11) is 0. The summed E-state index contributed by atoms with van der Waals surface area (Å²) in [6.45, 7) is 1.11. The van der Waals surface area contributed by atoms with Gasteiger partial charge in [-0.2, -0.15) is 0 Å². The molecule has 2 aromatic carbocycles. The number of anilines is 1. The van der Waals surface area contributed by atoms with Gasteiger partial charge >= 0.3 is 6.09 Å². The lowest BCUT2D eigenvalue weighted by Crippen LogP contribution is -2.39. The van der Waals surface area contributed by atoms with Crippen molar-refractivity contribution in [1.82, 2.24) is 15.3 Å². The maximum absolute atomic E-state index is 12.2. The number of nitrogens with one attached hydrogen (secondary N) is 2. The Labute approximate surface area is 185 Å². The first kappa shape index (κ1) is 20.4. The lowest BCUT2D eigenvalue weighted by molar-refractivity contribution is 0.00431. The van der Waals surface area contributed by atoms with E-state index in [0.717, 1.165) is 16.8 Å². The Balaban J connectivity index is 1.16. The first-order chi connectivity index (χ1) is 15.8. The molecule has 32 heavy (non-hydrogen) atoms. The molecule has 4 unspecified atom stereocenters. The van der Waals surface area contributed by atoms with Crippen LogP contribution in [-0.2, 0) is 20.8 Å². The van der Waals surface area contributed by atoms with E-state index in [0.29, 0.717) is 19.1 Å². The number of hydrogen-bond acceptors (Lipinski definition) is 7. The number of ether oxygens (including phenoxy) is 3. The highest BCUT2D eigenvalue weighted by Crippen LogP contribution is 2.30. The normalized spacial score (nSPS) is 24.0. The van der Waals surface area contributed by atoms with Gasteiger partial charge in [0, 0.05) is 18.3 Å². The van der Waals surface area contributed by atoms with Crippen molar-refractivity contribution in [1.29, 1.82) is 0 Å². The van der Waals surface area contributed by atoms with Crippen LogP contribution in [0.4, 0.5) is 10.7 Å². The van der Waals surface area contributed by atoms with Gasteiger partial charge in [0.25, 0.3) is 0 Å². The molecule has 2 N–H and O–H groups in total. The second-order valence-electron chi connectivity index (χ2n) is 7.76. The molecule has 5 rings (SSSR count). The highest BCUT2D eigenvalue weighted by molar-refractivity contribution is 5.67.